The third kappa shape index (κ3) is 2.22. The van der Waals surface area contributed by atoms with Crippen LogP contribution in [0, 0.1) is 29.5 Å². The Morgan fingerprint density at radius 3 is 2.48 bits per heavy atom. The number of nitrogens with zero attached hydrogens (tertiary/aromatic N) is 1. The Labute approximate surface area is 121 Å². The number of benzene rings is 1. The van der Waals surface area contributed by atoms with E-state index in [1.165, 1.54) is 12.1 Å². The third-order valence-corrected chi connectivity index (χ3v) is 4.10. The highest BCUT2D eigenvalue weighted by Gasteiger charge is 2.50. The summed E-state index contributed by atoms with van der Waals surface area (Å²) in [6, 6.07) is 4.08. The van der Waals surface area contributed by atoms with Crippen molar-refractivity contribution in [2.75, 3.05) is 11.5 Å². The molecule has 5 heteroatoms. The highest BCUT2D eigenvalue weighted by molar-refractivity contribution is 6.22. The number of aliphatic hydroxyl groups is 1. The van der Waals surface area contributed by atoms with Crippen LogP contribution in [-0.4, -0.2) is 23.5 Å². The fourth-order valence-corrected chi connectivity index (χ4v) is 3.13. The first-order valence-electron chi connectivity index (χ1n) is 6.90. The van der Waals surface area contributed by atoms with Gasteiger partial charge >= 0.3 is 0 Å². The molecule has 1 heterocycles. The number of carbonyl (C=O) groups is 2. The largest absolute Gasteiger partial charge is 0.384 e. The Kier molecular flexibility index (Phi) is 3.48. The SMILES string of the molecule is O=C1C2CCCC2C(=O)N1c1ccc(C#CCO)c(F)c1. The van der Waals surface area contributed by atoms with Gasteiger partial charge in [-0.3, -0.25) is 9.59 Å². The van der Waals surface area contributed by atoms with E-state index in [1.54, 1.807) is 0 Å². The lowest BCUT2D eigenvalue weighted by molar-refractivity contribution is -0.122. The van der Waals surface area contributed by atoms with Crippen LogP contribution in [0.15, 0.2) is 18.2 Å². The van der Waals surface area contributed by atoms with Gasteiger partial charge in [-0.15, -0.1) is 0 Å². The lowest BCUT2D eigenvalue weighted by Gasteiger charge is -2.16. The topological polar surface area (TPSA) is 57.6 Å². The molecule has 1 aliphatic heterocycles. The minimum atomic E-state index is -0.605. The number of halogens is 1. The van der Waals surface area contributed by atoms with Crippen molar-refractivity contribution >= 4 is 17.5 Å². The Morgan fingerprint density at radius 2 is 1.90 bits per heavy atom. The molecule has 2 unspecified atom stereocenters. The van der Waals surface area contributed by atoms with Gasteiger partial charge in [-0.2, -0.15) is 0 Å². The van der Waals surface area contributed by atoms with E-state index >= 15 is 0 Å². The number of amides is 2. The maximum atomic E-state index is 13.9. The molecule has 3 rings (SSSR count). The van der Waals surface area contributed by atoms with Gasteiger partial charge in [-0.05, 0) is 31.0 Å². The standard InChI is InChI=1S/C16H14FNO3/c17-14-9-11(7-6-10(14)3-2-8-19)18-15(20)12-4-1-5-13(12)16(18)21/h6-7,9,12-13,19H,1,4-5,8H2. The minimum Gasteiger partial charge on any atom is -0.384 e. The third-order valence-electron chi connectivity index (χ3n) is 4.10. The molecule has 1 saturated carbocycles. The quantitative estimate of drug-likeness (QED) is 0.628. The molecule has 2 fully saturated rings. The summed E-state index contributed by atoms with van der Waals surface area (Å²) in [5.74, 6) is 3.30. The molecule has 21 heavy (non-hydrogen) atoms. The van der Waals surface area contributed by atoms with Gasteiger partial charge in [0.1, 0.15) is 12.4 Å². The summed E-state index contributed by atoms with van der Waals surface area (Å²) in [4.78, 5) is 25.7. The molecule has 1 N–H and O–H groups in total. The lowest BCUT2D eigenvalue weighted by atomic mass is 10.00. The van der Waals surface area contributed by atoms with E-state index in [0.717, 1.165) is 30.2 Å². The predicted octanol–water partition coefficient (Wildman–Crippen LogP) is 1.46. The molecule has 2 atom stereocenters. The number of carbonyl (C=O) groups excluding carboxylic acids is 2. The summed E-state index contributed by atoms with van der Waals surface area (Å²) < 4.78 is 13.9. The molecule has 1 aromatic rings. The molecular weight excluding hydrogens is 273 g/mol. The first-order valence-corrected chi connectivity index (χ1v) is 6.90. The number of hydrogen-bond donors (Lipinski definition) is 1. The minimum absolute atomic E-state index is 0.132. The van der Waals surface area contributed by atoms with Crippen LogP contribution >= 0.6 is 0 Å². The molecule has 2 amide bonds. The Morgan fingerprint density at radius 1 is 1.24 bits per heavy atom. The van der Waals surface area contributed by atoms with E-state index in [9.17, 15) is 14.0 Å². The fourth-order valence-electron chi connectivity index (χ4n) is 3.13. The number of imide groups is 1. The predicted molar refractivity (Wildman–Crippen MR) is 73.7 cm³/mol. The van der Waals surface area contributed by atoms with Gasteiger partial charge in [0.05, 0.1) is 23.1 Å². The van der Waals surface area contributed by atoms with Crippen molar-refractivity contribution in [3.8, 4) is 11.8 Å². The molecule has 2 aliphatic rings. The molecule has 1 saturated heterocycles. The van der Waals surface area contributed by atoms with Crippen LogP contribution in [-0.2, 0) is 9.59 Å². The molecule has 1 aliphatic carbocycles. The van der Waals surface area contributed by atoms with Crippen molar-refractivity contribution in [2.45, 2.75) is 19.3 Å². The van der Waals surface area contributed by atoms with E-state index < -0.39 is 5.82 Å². The van der Waals surface area contributed by atoms with Gasteiger partial charge in [0.15, 0.2) is 0 Å². The van der Waals surface area contributed by atoms with E-state index in [4.69, 9.17) is 5.11 Å². The van der Waals surface area contributed by atoms with Crippen molar-refractivity contribution in [1.82, 2.24) is 0 Å². The number of aliphatic hydroxyl groups excluding tert-OH is 1. The first-order chi connectivity index (χ1) is 10.1. The normalized spacial score (nSPS) is 24.0. The Hall–Kier alpha value is -2.19. The molecule has 0 spiro atoms. The van der Waals surface area contributed by atoms with Crippen molar-refractivity contribution in [2.24, 2.45) is 11.8 Å². The lowest BCUT2D eigenvalue weighted by Crippen LogP contribution is -2.31. The second-order valence-corrected chi connectivity index (χ2v) is 5.28. The van der Waals surface area contributed by atoms with E-state index in [2.05, 4.69) is 11.8 Å². The zero-order chi connectivity index (χ0) is 15.0. The summed E-state index contributed by atoms with van der Waals surface area (Å²) in [6.07, 6.45) is 2.35. The molecule has 0 aromatic heterocycles. The van der Waals surface area contributed by atoms with Gasteiger partial charge in [0.2, 0.25) is 11.8 Å². The number of rotatable bonds is 1. The van der Waals surface area contributed by atoms with Crippen molar-refractivity contribution in [3.63, 3.8) is 0 Å². The summed E-state index contributed by atoms with van der Waals surface area (Å²) in [5, 5.41) is 8.61. The molecular formula is C16H14FNO3. The van der Waals surface area contributed by atoms with Crippen molar-refractivity contribution in [3.05, 3.63) is 29.6 Å². The number of anilines is 1. The second-order valence-electron chi connectivity index (χ2n) is 5.28. The zero-order valence-corrected chi connectivity index (χ0v) is 11.3. The van der Waals surface area contributed by atoms with Gasteiger partial charge in [0.25, 0.3) is 0 Å². The highest BCUT2D eigenvalue weighted by Crippen LogP contribution is 2.41. The van der Waals surface area contributed by atoms with Gasteiger partial charge in [-0.1, -0.05) is 18.3 Å². The molecule has 4 nitrogen and oxygen atoms in total. The number of hydrogen-bond acceptors (Lipinski definition) is 3. The van der Waals surface area contributed by atoms with E-state index in [0.29, 0.717) is 0 Å². The van der Waals surface area contributed by atoms with E-state index in [-0.39, 0.29) is 41.5 Å². The summed E-state index contributed by atoms with van der Waals surface area (Å²) in [5.41, 5.74) is 0.388. The van der Waals surface area contributed by atoms with Crippen LogP contribution in [0.5, 0.6) is 0 Å². The smallest absolute Gasteiger partial charge is 0.237 e. The molecule has 0 bridgehead atoms. The summed E-state index contributed by atoms with van der Waals surface area (Å²) >= 11 is 0. The monoisotopic (exact) mass is 287 g/mol. The molecule has 1 aromatic carbocycles. The maximum Gasteiger partial charge on any atom is 0.237 e. The zero-order valence-electron chi connectivity index (χ0n) is 11.3. The summed E-state index contributed by atoms with van der Waals surface area (Å²) in [7, 11) is 0. The van der Waals surface area contributed by atoms with E-state index in [1.807, 2.05) is 0 Å². The summed E-state index contributed by atoms with van der Waals surface area (Å²) in [6.45, 7) is -0.354. The molecule has 0 radical (unpaired) electrons. The van der Waals surface area contributed by atoms with Crippen LogP contribution in [0.3, 0.4) is 0 Å². The Balaban J connectivity index is 1.93. The fraction of sp³-hybridized carbons (Fsp3) is 0.375. The maximum absolute atomic E-state index is 13.9. The average molecular weight is 287 g/mol. The first kappa shape index (κ1) is 13.8. The van der Waals surface area contributed by atoms with Crippen LogP contribution in [0.25, 0.3) is 0 Å². The van der Waals surface area contributed by atoms with Crippen LogP contribution in [0.4, 0.5) is 10.1 Å². The van der Waals surface area contributed by atoms with Gasteiger partial charge < -0.3 is 5.11 Å². The highest BCUT2D eigenvalue weighted by atomic mass is 19.1. The van der Waals surface area contributed by atoms with Crippen molar-refractivity contribution < 1.29 is 19.1 Å². The van der Waals surface area contributed by atoms with Crippen LogP contribution in [0.2, 0.25) is 0 Å². The second kappa shape index (κ2) is 5.30. The average Bonchev–Trinajstić information content (AvgIpc) is 3.03. The Bertz CT molecular complexity index is 652. The van der Waals surface area contributed by atoms with Crippen LogP contribution < -0.4 is 4.90 Å². The number of fused-ring (bicyclic) bond motifs is 1. The molecule has 108 valence electrons. The van der Waals surface area contributed by atoms with Crippen molar-refractivity contribution in [1.29, 1.82) is 0 Å². The van der Waals surface area contributed by atoms with Gasteiger partial charge in [-0.25, -0.2) is 9.29 Å². The van der Waals surface area contributed by atoms with Gasteiger partial charge in [0, 0.05) is 0 Å². The van der Waals surface area contributed by atoms with Crippen LogP contribution in [0.1, 0.15) is 24.8 Å².